The normalized spacial score (nSPS) is 16.5. The fourth-order valence-corrected chi connectivity index (χ4v) is 2.94. The van der Waals surface area contributed by atoms with Crippen molar-refractivity contribution < 1.29 is 9.32 Å². The van der Waals surface area contributed by atoms with Crippen LogP contribution in [0.2, 0.25) is 0 Å². The van der Waals surface area contributed by atoms with Crippen molar-refractivity contribution in [2.75, 3.05) is 26.2 Å². The largest absolute Gasteiger partial charge is 0.361 e. The topological polar surface area (TPSA) is 67.4 Å². The number of rotatable bonds is 4. The van der Waals surface area contributed by atoms with Gasteiger partial charge in [0, 0.05) is 51.2 Å². The number of hydrogen-bond donors (Lipinski definition) is 0. The molecule has 0 aromatic carbocycles. The van der Waals surface area contributed by atoms with Gasteiger partial charge in [-0.15, -0.1) is 0 Å². The number of aromatic nitrogens is 3. The van der Waals surface area contributed by atoms with Crippen molar-refractivity contribution in [1.82, 2.24) is 24.5 Å². The highest BCUT2D eigenvalue weighted by Gasteiger charge is 2.23. The maximum Gasteiger partial charge on any atom is 0.276 e. The van der Waals surface area contributed by atoms with Crippen LogP contribution < -0.4 is 0 Å². The summed E-state index contributed by atoms with van der Waals surface area (Å²) in [5, 5.41) is 3.83. The van der Waals surface area contributed by atoms with Gasteiger partial charge in [0.15, 0.2) is 5.69 Å². The summed E-state index contributed by atoms with van der Waals surface area (Å²) >= 11 is 0. The molecule has 0 aliphatic carbocycles. The first-order valence-corrected chi connectivity index (χ1v) is 8.12. The van der Waals surface area contributed by atoms with Gasteiger partial charge in [-0.05, 0) is 20.3 Å². The molecular weight excluding hydrogens is 294 g/mol. The van der Waals surface area contributed by atoms with Gasteiger partial charge in [0.05, 0.1) is 6.54 Å². The van der Waals surface area contributed by atoms with Gasteiger partial charge in [-0.25, -0.2) is 4.98 Å². The molecule has 3 rings (SSSR count). The minimum absolute atomic E-state index is 0.0428. The number of carbonyl (C=O) groups is 1. The molecule has 1 aliphatic rings. The Balaban J connectivity index is 1.60. The van der Waals surface area contributed by atoms with Crippen molar-refractivity contribution in [3.63, 3.8) is 0 Å². The van der Waals surface area contributed by atoms with Gasteiger partial charge in [-0.1, -0.05) is 5.16 Å². The Bertz CT molecular complexity index is 663. The van der Waals surface area contributed by atoms with Crippen molar-refractivity contribution in [1.29, 1.82) is 0 Å². The van der Waals surface area contributed by atoms with Crippen LogP contribution in [0.3, 0.4) is 0 Å². The number of hydrogen-bond acceptors (Lipinski definition) is 5. The summed E-state index contributed by atoms with van der Waals surface area (Å²) in [7, 11) is 0. The molecular formula is C16H23N5O2. The molecule has 0 N–H and O–H groups in total. The highest BCUT2D eigenvalue weighted by molar-refractivity contribution is 5.92. The maximum atomic E-state index is 12.5. The highest BCUT2D eigenvalue weighted by atomic mass is 16.5. The Morgan fingerprint density at radius 2 is 2.17 bits per heavy atom. The first-order chi connectivity index (χ1) is 11.2. The molecule has 0 unspecified atom stereocenters. The van der Waals surface area contributed by atoms with E-state index in [0.717, 1.165) is 45.0 Å². The molecule has 0 bridgehead atoms. The standard InChI is InChI=1S/C16H23N5O2/c1-3-20-8-5-17-15(20)12-19-6-4-7-21(10-9-19)16(22)14-11-13(2)23-18-14/h5,8,11H,3-4,6-7,9-10,12H2,1-2H3. The Labute approximate surface area is 135 Å². The molecule has 3 heterocycles. The molecule has 0 saturated carbocycles. The van der Waals surface area contributed by atoms with Crippen LogP contribution in [0.1, 0.15) is 35.4 Å². The summed E-state index contributed by atoms with van der Waals surface area (Å²) in [4.78, 5) is 21.1. The van der Waals surface area contributed by atoms with Crippen LogP contribution in [0.15, 0.2) is 23.0 Å². The molecule has 23 heavy (non-hydrogen) atoms. The van der Waals surface area contributed by atoms with Crippen LogP contribution in [0.5, 0.6) is 0 Å². The lowest BCUT2D eigenvalue weighted by atomic mass is 10.3. The second-order valence-electron chi connectivity index (χ2n) is 5.87. The summed E-state index contributed by atoms with van der Waals surface area (Å²) in [5.74, 6) is 1.70. The Hall–Kier alpha value is -2.15. The van der Waals surface area contributed by atoms with Crippen LogP contribution in [0.4, 0.5) is 0 Å². The van der Waals surface area contributed by atoms with Gasteiger partial charge in [0.25, 0.3) is 5.91 Å². The minimum atomic E-state index is -0.0428. The summed E-state index contributed by atoms with van der Waals surface area (Å²) < 4.78 is 7.16. The van der Waals surface area contributed by atoms with Gasteiger partial charge in [0.2, 0.25) is 0 Å². The summed E-state index contributed by atoms with van der Waals surface area (Å²) in [5.41, 5.74) is 0.400. The molecule has 0 atom stereocenters. The van der Waals surface area contributed by atoms with Crippen molar-refractivity contribution in [2.24, 2.45) is 0 Å². The monoisotopic (exact) mass is 317 g/mol. The van der Waals surface area contributed by atoms with E-state index in [1.165, 1.54) is 0 Å². The zero-order chi connectivity index (χ0) is 16.2. The predicted octanol–water partition coefficient (Wildman–Crippen LogP) is 1.55. The SMILES string of the molecule is CCn1ccnc1CN1CCCN(C(=O)c2cc(C)on2)CC1. The lowest BCUT2D eigenvalue weighted by Crippen LogP contribution is -2.35. The summed E-state index contributed by atoms with van der Waals surface area (Å²) in [6, 6.07) is 1.70. The van der Waals surface area contributed by atoms with E-state index in [2.05, 4.69) is 26.5 Å². The Morgan fingerprint density at radius 3 is 2.91 bits per heavy atom. The third-order valence-electron chi connectivity index (χ3n) is 4.23. The Kier molecular flexibility index (Phi) is 4.76. The van der Waals surface area contributed by atoms with E-state index >= 15 is 0 Å². The van der Waals surface area contributed by atoms with Crippen molar-refractivity contribution in [3.8, 4) is 0 Å². The second-order valence-corrected chi connectivity index (χ2v) is 5.87. The number of amides is 1. The predicted molar refractivity (Wildman–Crippen MR) is 84.9 cm³/mol. The fourth-order valence-electron chi connectivity index (χ4n) is 2.94. The number of imidazole rings is 1. The minimum Gasteiger partial charge on any atom is -0.361 e. The summed E-state index contributed by atoms with van der Waals surface area (Å²) in [6.45, 7) is 8.95. The molecule has 1 aliphatic heterocycles. The molecule has 0 spiro atoms. The van der Waals surface area contributed by atoms with E-state index in [4.69, 9.17) is 4.52 Å². The van der Waals surface area contributed by atoms with Crippen molar-refractivity contribution in [3.05, 3.63) is 35.7 Å². The van der Waals surface area contributed by atoms with Crippen LogP contribution in [-0.4, -0.2) is 56.6 Å². The quantitative estimate of drug-likeness (QED) is 0.856. The van der Waals surface area contributed by atoms with Gasteiger partial charge in [-0.3, -0.25) is 9.69 Å². The van der Waals surface area contributed by atoms with Crippen LogP contribution in [0.25, 0.3) is 0 Å². The van der Waals surface area contributed by atoms with Crippen molar-refractivity contribution >= 4 is 5.91 Å². The van der Waals surface area contributed by atoms with Crippen LogP contribution >= 0.6 is 0 Å². The van der Waals surface area contributed by atoms with E-state index < -0.39 is 0 Å². The van der Waals surface area contributed by atoms with E-state index in [1.54, 1.807) is 13.0 Å². The molecule has 2 aromatic rings. The summed E-state index contributed by atoms with van der Waals surface area (Å²) in [6.07, 6.45) is 4.81. The number of carbonyl (C=O) groups excluding carboxylic acids is 1. The average molecular weight is 317 g/mol. The highest BCUT2D eigenvalue weighted by Crippen LogP contribution is 2.12. The first-order valence-electron chi connectivity index (χ1n) is 8.12. The van der Waals surface area contributed by atoms with Crippen molar-refractivity contribution in [2.45, 2.75) is 33.4 Å². The van der Waals surface area contributed by atoms with Gasteiger partial charge < -0.3 is 14.0 Å². The van der Waals surface area contributed by atoms with E-state index in [1.807, 2.05) is 17.3 Å². The molecule has 1 saturated heterocycles. The molecule has 2 aromatic heterocycles. The second kappa shape index (κ2) is 6.95. The van der Waals surface area contributed by atoms with Gasteiger partial charge in [0.1, 0.15) is 11.6 Å². The third kappa shape index (κ3) is 3.61. The molecule has 7 heteroatoms. The zero-order valence-corrected chi connectivity index (χ0v) is 13.7. The molecule has 7 nitrogen and oxygen atoms in total. The number of aryl methyl sites for hydroxylation is 2. The van der Waals surface area contributed by atoms with E-state index in [0.29, 0.717) is 18.0 Å². The maximum absolute atomic E-state index is 12.5. The molecule has 1 amide bonds. The lowest BCUT2D eigenvalue weighted by molar-refractivity contribution is 0.0750. The number of nitrogens with zero attached hydrogens (tertiary/aromatic N) is 5. The third-order valence-corrected chi connectivity index (χ3v) is 4.23. The van der Waals surface area contributed by atoms with Crippen LogP contribution in [-0.2, 0) is 13.1 Å². The average Bonchev–Trinajstić information content (AvgIpc) is 3.11. The molecule has 124 valence electrons. The Morgan fingerprint density at radius 1 is 1.30 bits per heavy atom. The van der Waals surface area contributed by atoms with E-state index in [-0.39, 0.29) is 5.91 Å². The molecule has 1 fully saturated rings. The van der Waals surface area contributed by atoms with Gasteiger partial charge >= 0.3 is 0 Å². The smallest absolute Gasteiger partial charge is 0.276 e. The van der Waals surface area contributed by atoms with Crippen LogP contribution in [0, 0.1) is 6.92 Å². The molecule has 0 radical (unpaired) electrons. The van der Waals surface area contributed by atoms with Gasteiger partial charge in [-0.2, -0.15) is 0 Å². The fraction of sp³-hybridized carbons (Fsp3) is 0.562. The van der Waals surface area contributed by atoms with E-state index in [9.17, 15) is 4.79 Å². The first kappa shape index (κ1) is 15.7. The lowest BCUT2D eigenvalue weighted by Gasteiger charge is -2.21. The zero-order valence-electron chi connectivity index (χ0n) is 13.7.